The van der Waals surface area contributed by atoms with Crippen molar-refractivity contribution in [3.05, 3.63) is 27.2 Å². The number of hydrogen-bond donors (Lipinski definition) is 3. The third kappa shape index (κ3) is 2.10. The summed E-state index contributed by atoms with van der Waals surface area (Å²) < 4.78 is 1.09. The molecular formula is C12H17BrN2O. The second-order valence-electron chi connectivity index (χ2n) is 4.28. The molecule has 0 bridgehead atoms. The Kier molecular flexibility index (Phi) is 3.52. The van der Waals surface area contributed by atoms with E-state index in [1.807, 2.05) is 19.9 Å². The van der Waals surface area contributed by atoms with Crippen LogP contribution in [0.3, 0.4) is 0 Å². The molecule has 3 N–H and O–H groups in total. The number of phenols is 1. The van der Waals surface area contributed by atoms with Crippen molar-refractivity contribution in [3.8, 4) is 5.75 Å². The Hall–Kier alpha value is -0.580. The van der Waals surface area contributed by atoms with Gasteiger partial charge in [-0.25, -0.2) is 0 Å². The smallest absolute Gasteiger partial charge is 0.121 e. The minimum atomic E-state index is 0.200. The lowest BCUT2D eigenvalue weighted by molar-refractivity contribution is 0.402. The van der Waals surface area contributed by atoms with Gasteiger partial charge in [-0.3, -0.25) is 0 Å². The Morgan fingerprint density at radius 3 is 2.75 bits per heavy atom. The summed E-state index contributed by atoms with van der Waals surface area (Å²) in [6.45, 7) is 6.83. The van der Waals surface area contributed by atoms with E-state index in [2.05, 4.69) is 26.6 Å². The Bertz CT molecular complexity index is 400. The molecule has 1 fully saturated rings. The van der Waals surface area contributed by atoms with Crippen LogP contribution >= 0.6 is 15.9 Å². The molecule has 2 rings (SSSR count). The lowest BCUT2D eigenvalue weighted by atomic mass is 9.97. The summed E-state index contributed by atoms with van der Waals surface area (Å²) in [6.07, 6.45) is 0. The fourth-order valence-corrected chi connectivity index (χ4v) is 2.58. The number of benzene rings is 1. The van der Waals surface area contributed by atoms with Crippen molar-refractivity contribution < 1.29 is 5.11 Å². The highest BCUT2D eigenvalue weighted by Crippen LogP contribution is 2.35. The number of aromatic hydroxyl groups is 1. The van der Waals surface area contributed by atoms with Gasteiger partial charge in [-0.2, -0.15) is 0 Å². The maximum atomic E-state index is 10.1. The minimum absolute atomic E-state index is 0.200. The average Bonchev–Trinajstić information content (AvgIpc) is 2.28. The zero-order valence-corrected chi connectivity index (χ0v) is 11.2. The predicted octanol–water partition coefficient (Wildman–Crippen LogP) is 2.01. The monoisotopic (exact) mass is 284 g/mol. The summed E-state index contributed by atoms with van der Waals surface area (Å²) >= 11 is 3.57. The summed E-state index contributed by atoms with van der Waals surface area (Å²) in [7, 11) is 0. The van der Waals surface area contributed by atoms with Gasteiger partial charge in [-0.05, 0) is 31.0 Å². The van der Waals surface area contributed by atoms with Crippen molar-refractivity contribution >= 4 is 15.9 Å². The molecule has 0 saturated carbocycles. The second-order valence-corrected chi connectivity index (χ2v) is 5.07. The summed E-state index contributed by atoms with van der Waals surface area (Å²) in [5.41, 5.74) is 3.20. The van der Waals surface area contributed by atoms with Crippen LogP contribution in [0.15, 0.2) is 10.5 Å². The van der Waals surface area contributed by atoms with E-state index >= 15 is 0 Å². The van der Waals surface area contributed by atoms with Crippen LogP contribution in [-0.4, -0.2) is 24.7 Å². The number of rotatable bonds is 1. The molecule has 3 nitrogen and oxygen atoms in total. The molecule has 1 aliphatic rings. The van der Waals surface area contributed by atoms with Gasteiger partial charge in [0.25, 0.3) is 0 Å². The normalized spacial score (nSPS) is 21.1. The fraction of sp³-hybridized carbons (Fsp3) is 0.500. The molecule has 1 aliphatic heterocycles. The van der Waals surface area contributed by atoms with E-state index in [0.29, 0.717) is 5.75 Å². The molecule has 1 aromatic carbocycles. The van der Waals surface area contributed by atoms with Crippen LogP contribution < -0.4 is 10.6 Å². The van der Waals surface area contributed by atoms with Gasteiger partial charge in [-0.15, -0.1) is 0 Å². The molecule has 1 saturated heterocycles. The van der Waals surface area contributed by atoms with Crippen LogP contribution in [0.4, 0.5) is 0 Å². The summed E-state index contributed by atoms with van der Waals surface area (Å²) in [4.78, 5) is 0. The van der Waals surface area contributed by atoms with Crippen LogP contribution in [0.2, 0.25) is 0 Å². The fourth-order valence-electron chi connectivity index (χ4n) is 2.25. The van der Waals surface area contributed by atoms with Crippen molar-refractivity contribution in [2.24, 2.45) is 0 Å². The summed E-state index contributed by atoms with van der Waals surface area (Å²) in [6, 6.07) is 2.02. The maximum absolute atomic E-state index is 10.1. The SMILES string of the molecule is Cc1cc(O)c([C@@H]2CNCCN2)c(C)c1Br. The molecule has 4 heteroatoms. The van der Waals surface area contributed by atoms with Crippen LogP contribution in [-0.2, 0) is 0 Å². The highest BCUT2D eigenvalue weighted by molar-refractivity contribution is 9.10. The molecule has 1 atom stereocenters. The Labute approximate surface area is 104 Å². The second kappa shape index (κ2) is 4.73. The van der Waals surface area contributed by atoms with Gasteiger partial charge < -0.3 is 15.7 Å². The van der Waals surface area contributed by atoms with Crippen molar-refractivity contribution in [2.75, 3.05) is 19.6 Å². The van der Waals surface area contributed by atoms with Crippen molar-refractivity contribution in [1.82, 2.24) is 10.6 Å². The Balaban J connectivity index is 2.42. The minimum Gasteiger partial charge on any atom is -0.508 e. The molecule has 1 heterocycles. The molecule has 0 amide bonds. The lowest BCUT2D eigenvalue weighted by Gasteiger charge is -2.27. The van der Waals surface area contributed by atoms with Crippen LogP contribution in [0, 0.1) is 13.8 Å². The van der Waals surface area contributed by atoms with Gasteiger partial charge in [0.15, 0.2) is 0 Å². The third-order valence-electron chi connectivity index (χ3n) is 3.10. The predicted molar refractivity (Wildman–Crippen MR) is 68.9 cm³/mol. The first kappa shape index (κ1) is 11.9. The zero-order valence-electron chi connectivity index (χ0n) is 9.60. The van der Waals surface area contributed by atoms with Gasteiger partial charge in [0.2, 0.25) is 0 Å². The topological polar surface area (TPSA) is 44.3 Å². The first-order chi connectivity index (χ1) is 7.61. The largest absolute Gasteiger partial charge is 0.508 e. The van der Waals surface area contributed by atoms with Crippen LogP contribution in [0.25, 0.3) is 0 Å². The van der Waals surface area contributed by atoms with E-state index in [-0.39, 0.29) is 6.04 Å². The van der Waals surface area contributed by atoms with E-state index in [0.717, 1.165) is 40.8 Å². The van der Waals surface area contributed by atoms with Gasteiger partial charge in [0.05, 0.1) is 0 Å². The third-order valence-corrected chi connectivity index (χ3v) is 4.32. The van der Waals surface area contributed by atoms with Crippen molar-refractivity contribution in [1.29, 1.82) is 0 Å². The van der Waals surface area contributed by atoms with Crippen molar-refractivity contribution in [2.45, 2.75) is 19.9 Å². The molecule has 0 spiro atoms. The molecule has 1 aromatic rings. The number of hydrogen-bond acceptors (Lipinski definition) is 3. The standard InChI is InChI=1S/C12H17BrN2O/c1-7-5-10(16)11(8(2)12(7)13)9-6-14-3-4-15-9/h5,9,14-16H,3-4,6H2,1-2H3/t9-/m0/s1. The van der Waals surface area contributed by atoms with Gasteiger partial charge in [0, 0.05) is 35.7 Å². The quantitative estimate of drug-likeness (QED) is 0.739. The van der Waals surface area contributed by atoms with E-state index in [9.17, 15) is 5.11 Å². The average molecular weight is 285 g/mol. The molecule has 16 heavy (non-hydrogen) atoms. The first-order valence-corrected chi connectivity index (χ1v) is 6.33. The number of halogens is 1. The zero-order chi connectivity index (χ0) is 11.7. The number of piperazine rings is 1. The van der Waals surface area contributed by atoms with Gasteiger partial charge >= 0.3 is 0 Å². The lowest BCUT2D eigenvalue weighted by Crippen LogP contribution is -2.42. The van der Waals surface area contributed by atoms with E-state index in [1.165, 1.54) is 0 Å². The van der Waals surface area contributed by atoms with Crippen molar-refractivity contribution in [3.63, 3.8) is 0 Å². The summed E-state index contributed by atoms with van der Waals surface area (Å²) in [5, 5.41) is 16.8. The maximum Gasteiger partial charge on any atom is 0.121 e. The Morgan fingerprint density at radius 2 is 2.12 bits per heavy atom. The Morgan fingerprint density at radius 1 is 1.38 bits per heavy atom. The van der Waals surface area contributed by atoms with Crippen LogP contribution in [0.5, 0.6) is 5.75 Å². The molecule has 0 aliphatic carbocycles. The first-order valence-electron chi connectivity index (χ1n) is 5.54. The molecule has 0 radical (unpaired) electrons. The van der Waals surface area contributed by atoms with Crippen LogP contribution in [0.1, 0.15) is 22.7 Å². The van der Waals surface area contributed by atoms with E-state index < -0.39 is 0 Å². The molecule has 88 valence electrons. The molecule has 0 aromatic heterocycles. The highest BCUT2D eigenvalue weighted by atomic mass is 79.9. The van der Waals surface area contributed by atoms with E-state index in [1.54, 1.807) is 0 Å². The number of nitrogens with one attached hydrogen (secondary N) is 2. The number of phenolic OH excluding ortho intramolecular Hbond substituents is 1. The van der Waals surface area contributed by atoms with Gasteiger partial charge in [0.1, 0.15) is 5.75 Å². The summed E-state index contributed by atoms with van der Waals surface area (Å²) in [5.74, 6) is 0.388. The highest BCUT2D eigenvalue weighted by Gasteiger charge is 2.21. The number of aryl methyl sites for hydroxylation is 1. The van der Waals surface area contributed by atoms with E-state index in [4.69, 9.17) is 0 Å². The molecular weight excluding hydrogens is 268 g/mol. The molecule has 0 unspecified atom stereocenters. The van der Waals surface area contributed by atoms with Gasteiger partial charge in [-0.1, -0.05) is 15.9 Å².